The van der Waals surface area contributed by atoms with Crippen molar-refractivity contribution in [3.05, 3.63) is 29.8 Å². The fourth-order valence-corrected chi connectivity index (χ4v) is 2.44. The summed E-state index contributed by atoms with van der Waals surface area (Å²) in [6, 6.07) is 7.02. The minimum atomic E-state index is -0.259. The summed E-state index contributed by atoms with van der Waals surface area (Å²) in [5.74, 6) is 0.870. The largest absolute Gasteiger partial charge is 0.508 e. The molecule has 0 spiro atoms. The summed E-state index contributed by atoms with van der Waals surface area (Å²) in [6.07, 6.45) is 2.10. The highest BCUT2D eigenvalue weighted by Crippen LogP contribution is 2.30. The fraction of sp³-hybridized carbons (Fsp3) is 0.462. The van der Waals surface area contributed by atoms with Crippen molar-refractivity contribution in [2.45, 2.75) is 37.5 Å². The normalized spacial score (nSPS) is 31.6. The Kier molecular flexibility index (Phi) is 2.52. The molecule has 17 heavy (non-hydrogen) atoms. The molecular weight excluding hydrogens is 218 g/mol. The van der Waals surface area contributed by atoms with E-state index in [4.69, 9.17) is 4.74 Å². The van der Waals surface area contributed by atoms with Crippen molar-refractivity contribution in [1.29, 1.82) is 0 Å². The molecule has 0 bridgehead atoms. The van der Waals surface area contributed by atoms with Crippen molar-refractivity contribution in [3.63, 3.8) is 0 Å². The molecule has 0 saturated heterocycles. The zero-order valence-corrected chi connectivity index (χ0v) is 9.41. The number of rotatable bonds is 1. The Morgan fingerprint density at radius 2 is 1.94 bits per heavy atom. The van der Waals surface area contributed by atoms with Crippen LogP contribution in [0.15, 0.2) is 29.3 Å². The van der Waals surface area contributed by atoms with E-state index < -0.39 is 0 Å². The molecule has 1 aromatic carbocycles. The molecule has 1 aliphatic carbocycles. The highest BCUT2D eigenvalue weighted by molar-refractivity contribution is 5.95. The van der Waals surface area contributed by atoms with E-state index in [-0.39, 0.29) is 24.0 Å². The van der Waals surface area contributed by atoms with Gasteiger partial charge in [0.2, 0.25) is 5.90 Å². The Hall–Kier alpha value is -1.55. The van der Waals surface area contributed by atoms with Crippen LogP contribution < -0.4 is 0 Å². The molecule has 1 aromatic rings. The van der Waals surface area contributed by atoms with Crippen molar-refractivity contribution < 1.29 is 14.9 Å². The molecule has 3 unspecified atom stereocenters. The molecule has 1 aliphatic heterocycles. The second-order valence-electron chi connectivity index (χ2n) is 4.67. The molecule has 90 valence electrons. The summed E-state index contributed by atoms with van der Waals surface area (Å²) < 4.78 is 5.77. The van der Waals surface area contributed by atoms with Crippen LogP contribution in [0.2, 0.25) is 0 Å². The number of fused-ring (bicyclic) bond motifs is 1. The molecule has 2 N–H and O–H groups in total. The summed E-state index contributed by atoms with van der Waals surface area (Å²) in [4.78, 5) is 4.55. The van der Waals surface area contributed by atoms with Crippen LogP contribution in [0.1, 0.15) is 24.8 Å². The van der Waals surface area contributed by atoms with Crippen LogP contribution in [0, 0.1) is 0 Å². The average molecular weight is 233 g/mol. The van der Waals surface area contributed by atoms with Crippen molar-refractivity contribution in [2.75, 3.05) is 0 Å². The van der Waals surface area contributed by atoms with Crippen LogP contribution in [0.4, 0.5) is 0 Å². The maximum Gasteiger partial charge on any atom is 0.216 e. The minimum Gasteiger partial charge on any atom is -0.508 e. The summed E-state index contributed by atoms with van der Waals surface area (Å²) in [5.41, 5.74) is 0.881. The average Bonchev–Trinajstić information content (AvgIpc) is 2.72. The first-order chi connectivity index (χ1) is 8.22. The summed E-state index contributed by atoms with van der Waals surface area (Å²) in [5, 5.41) is 18.8. The maximum absolute atomic E-state index is 9.59. The number of nitrogens with zero attached hydrogens (tertiary/aromatic N) is 1. The van der Waals surface area contributed by atoms with E-state index in [1.165, 1.54) is 0 Å². The Morgan fingerprint density at radius 3 is 2.71 bits per heavy atom. The standard InChI is InChI=1S/C13H15NO3/c15-9-3-1-8(2-4-9)13-14-11-6-5-10(16)7-12(11)17-13/h1-4,10-12,15-16H,5-7H2. The zero-order valence-electron chi connectivity index (χ0n) is 9.41. The molecule has 3 atom stereocenters. The number of aliphatic hydroxyl groups is 1. The number of hydrogen-bond acceptors (Lipinski definition) is 4. The number of phenols is 1. The molecule has 0 aromatic heterocycles. The number of ether oxygens (including phenoxy) is 1. The minimum absolute atomic E-state index is 0.0163. The number of aliphatic hydroxyl groups excluding tert-OH is 1. The van der Waals surface area contributed by atoms with E-state index in [1.807, 2.05) is 0 Å². The lowest BCUT2D eigenvalue weighted by molar-refractivity contribution is 0.0507. The lowest BCUT2D eigenvalue weighted by Gasteiger charge is -2.26. The number of hydrogen-bond donors (Lipinski definition) is 2. The van der Waals surface area contributed by atoms with Gasteiger partial charge in [0.05, 0.1) is 12.1 Å². The molecule has 2 aliphatic rings. The van der Waals surface area contributed by atoms with E-state index in [9.17, 15) is 10.2 Å². The van der Waals surface area contributed by atoms with Crippen LogP contribution in [-0.4, -0.2) is 34.4 Å². The van der Waals surface area contributed by atoms with E-state index in [0.717, 1.165) is 18.4 Å². The van der Waals surface area contributed by atoms with Gasteiger partial charge in [-0.1, -0.05) is 0 Å². The lowest BCUT2D eigenvalue weighted by Crippen LogP contribution is -2.33. The molecule has 4 nitrogen and oxygen atoms in total. The first kappa shape index (κ1) is 10.6. The van der Waals surface area contributed by atoms with Gasteiger partial charge in [-0.3, -0.25) is 0 Å². The van der Waals surface area contributed by atoms with Crippen molar-refractivity contribution >= 4 is 5.90 Å². The Bertz CT molecular complexity index is 440. The third-order valence-electron chi connectivity index (χ3n) is 3.39. The second kappa shape index (κ2) is 4.04. The lowest BCUT2D eigenvalue weighted by atomic mass is 9.91. The predicted octanol–water partition coefficient (Wildman–Crippen LogP) is 1.45. The quantitative estimate of drug-likeness (QED) is 0.771. The van der Waals surface area contributed by atoms with Gasteiger partial charge in [0.1, 0.15) is 11.9 Å². The van der Waals surface area contributed by atoms with Gasteiger partial charge in [-0.2, -0.15) is 0 Å². The number of benzene rings is 1. The van der Waals surface area contributed by atoms with Crippen LogP contribution in [0.25, 0.3) is 0 Å². The van der Waals surface area contributed by atoms with Gasteiger partial charge >= 0.3 is 0 Å². The summed E-state index contributed by atoms with van der Waals surface area (Å²) in [7, 11) is 0. The van der Waals surface area contributed by atoms with Gasteiger partial charge in [0.15, 0.2) is 0 Å². The molecule has 1 saturated carbocycles. The third-order valence-corrected chi connectivity index (χ3v) is 3.39. The van der Waals surface area contributed by atoms with E-state index in [1.54, 1.807) is 24.3 Å². The van der Waals surface area contributed by atoms with Crippen molar-refractivity contribution in [2.24, 2.45) is 4.99 Å². The van der Waals surface area contributed by atoms with Crippen LogP contribution >= 0.6 is 0 Å². The SMILES string of the molecule is Oc1ccc(C2=NC3CCC(O)CC3O2)cc1. The highest BCUT2D eigenvalue weighted by Gasteiger charge is 2.36. The Labute approximate surface area is 99.6 Å². The fourth-order valence-electron chi connectivity index (χ4n) is 2.44. The van der Waals surface area contributed by atoms with Gasteiger partial charge in [0.25, 0.3) is 0 Å². The van der Waals surface area contributed by atoms with Crippen LogP contribution in [-0.2, 0) is 4.74 Å². The van der Waals surface area contributed by atoms with Gasteiger partial charge in [-0.25, -0.2) is 4.99 Å². The van der Waals surface area contributed by atoms with Gasteiger partial charge < -0.3 is 14.9 Å². The Balaban J connectivity index is 1.80. The van der Waals surface area contributed by atoms with Gasteiger partial charge in [-0.15, -0.1) is 0 Å². The third kappa shape index (κ3) is 2.00. The molecule has 4 heteroatoms. The second-order valence-corrected chi connectivity index (χ2v) is 4.67. The Morgan fingerprint density at radius 1 is 1.18 bits per heavy atom. The maximum atomic E-state index is 9.59. The summed E-state index contributed by atoms with van der Waals surface area (Å²) in [6.45, 7) is 0. The number of aliphatic imine (C=N–C) groups is 1. The molecule has 0 radical (unpaired) electrons. The predicted molar refractivity (Wildman–Crippen MR) is 63.2 cm³/mol. The molecule has 1 fully saturated rings. The topological polar surface area (TPSA) is 62.1 Å². The number of phenolic OH excluding ortho intramolecular Hbond substituents is 1. The molecule has 1 heterocycles. The monoisotopic (exact) mass is 233 g/mol. The highest BCUT2D eigenvalue weighted by atomic mass is 16.5. The van der Waals surface area contributed by atoms with E-state index in [2.05, 4.69) is 4.99 Å². The van der Waals surface area contributed by atoms with E-state index in [0.29, 0.717) is 12.3 Å². The summed E-state index contributed by atoms with van der Waals surface area (Å²) >= 11 is 0. The molecular formula is C13H15NO3. The number of aromatic hydroxyl groups is 1. The van der Waals surface area contributed by atoms with Crippen LogP contribution in [0.3, 0.4) is 0 Å². The smallest absolute Gasteiger partial charge is 0.216 e. The van der Waals surface area contributed by atoms with Crippen molar-refractivity contribution in [3.8, 4) is 5.75 Å². The first-order valence-electron chi connectivity index (χ1n) is 5.94. The van der Waals surface area contributed by atoms with Gasteiger partial charge in [-0.05, 0) is 37.1 Å². The molecule has 3 rings (SSSR count). The zero-order chi connectivity index (χ0) is 11.8. The van der Waals surface area contributed by atoms with E-state index >= 15 is 0 Å². The van der Waals surface area contributed by atoms with Crippen molar-refractivity contribution in [1.82, 2.24) is 0 Å². The first-order valence-corrected chi connectivity index (χ1v) is 5.94. The van der Waals surface area contributed by atoms with Crippen LogP contribution in [0.5, 0.6) is 5.75 Å². The van der Waals surface area contributed by atoms with Gasteiger partial charge in [0, 0.05) is 12.0 Å². The molecule has 0 amide bonds.